The zero-order valence-electron chi connectivity index (χ0n) is 27.8. The van der Waals surface area contributed by atoms with Crippen LogP contribution < -0.4 is 16.0 Å². The molecule has 1 aliphatic carbocycles. The third-order valence-corrected chi connectivity index (χ3v) is 10.8. The molecule has 0 radical (unpaired) electrons. The maximum absolute atomic E-state index is 14.0. The minimum Gasteiger partial charge on any atom is -0.380 e. The molecule has 3 heterocycles. The molecule has 2 saturated heterocycles. The highest BCUT2D eigenvalue weighted by Gasteiger charge is 2.51. The van der Waals surface area contributed by atoms with E-state index in [1.54, 1.807) is 0 Å². The Morgan fingerprint density at radius 1 is 1.06 bits per heavy atom. The van der Waals surface area contributed by atoms with Crippen LogP contribution in [0.1, 0.15) is 88.7 Å². The Labute approximate surface area is 281 Å². The minimum atomic E-state index is -0.954. The Balaban J connectivity index is 1.37. The van der Waals surface area contributed by atoms with Gasteiger partial charge in [0, 0.05) is 37.2 Å². The Kier molecular flexibility index (Phi) is 9.54. The van der Waals surface area contributed by atoms with E-state index in [1.165, 1.54) is 0 Å². The summed E-state index contributed by atoms with van der Waals surface area (Å²) in [6.45, 7) is 10.6. The largest absolute Gasteiger partial charge is 0.380 e. The van der Waals surface area contributed by atoms with Crippen molar-refractivity contribution in [2.75, 3.05) is 32.8 Å². The van der Waals surface area contributed by atoms with Gasteiger partial charge in [-0.05, 0) is 79.7 Å². The number of fused-ring (bicyclic) bond motifs is 1. The van der Waals surface area contributed by atoms with E-state index in [-0.39, 0.29) is 41.7 Å². The van der Waals surface area contributed by atoms with Crippen LogP contribution in [0.4, 0.5) is 4.79 Å². The Bertz CT molecular complexity index is 1620. The van der Waals surface area contributed by atoms with E-state index in [9.17, 15) is 14.4 Å². The molecule has 10 nitrogen and oxygen atoms in total. The van der Waals surface area contributed by atoms with E-state index >= 15 is 0 Å². The molecule has 11 heteroatoms. The molecule has 0 spiro atoms. The predicted octanol–water partition coefficient (Wildman–Crippen LogP) is 5.58. The van der Waals surface area contributed by atoms with Crippen molar-refractivity contribution in [3.05, 3.63) is 64.4 Å². The molecule has 1 saturated carbocycles. The standard InChI is InChI=1S/C36H47ClN6O4/c1-5-38-32(44)29(22(2)3)41-33(45)36(16-19-47-21-36)23-12-13-26-27(20-23)40-31(39-26)30(42-34(46)43-17-8-9-18-43)28(35(4)14-15-35)24-10-6-7-11-25(24)37/h6-7,10-13,20,22,28-30H,5,8-9,14-19,21H2,1-4H3,(H,38,44)(H,39,40)(H,41,45)(H,42,46)/t28-,29+,30-,36?/m0/s1. The summed E-state index contributed by atoms with van der Waals surface area (Å²) in [5.74, 6) is 0.0354. The third kappa shape index (κ3) is 6.59. The van der Waals surface area contributed by atoms with E-state index in [1.807, 2.05) is 62.1 Å². The van der Waals surface area contributed by atoms with Crippen LogP contribution in [-0.2, 0) is 19.7 Å². The van der Waals surface area contributed by atoms with Gasteiger partial charge in [0.2, 0.25) is 11.8 Å². The topological polar surface area (TPSA) is 128 Å². The second-order valence-corrected chi connectivity index (χ2v) is 14.5. The van der Waals surface area contributed by atoms with Gasteiger partial charge in [0.05, 0.1) is 29.1 Å². The number of likely N-dealkylation sites (tertiary alicyclic amines) is 1. The first-order chi connectivity index (χ1) is 22.6. The lowest BCUT2D eigenvalue weighted by molar-refractivity contribution is -0.133. The quantitative estimate of drug-likeness (QED) is 0.213. The van der Waals surface area contributed by atoms with Gasteiger partial charge >= 0.3 is 6.03 Å². The van der Waals surface area contributed by atoms with Crippen molar-refractivity contribution in [2.45, 2.75) is 83.2 Å². The van der Waals surface area contributed by atoms with Gasteiger partial charge in [0.25, 0.3) is 0 Å². The number of nitrogens with one attached hydrogen (secondary N) is 4. The second-order valence-electron chi connectivity index (χ2n) is 14.1. The molecule has 3 aromatic rings. The third-order valence-electron chi connectivity index (χ3n) is 10.4. The van der Waals surface area contributed by atoms with Gasteiger partial charge < -0.3 is 30.6 Å². The van der Waals surface area contributed by atoms with Crippen molar-refractivity contribution < 1.29 is 19.1 Å². The van der Waals surface area contributed by atoms with Gasteiger partial charge in [-0.1, -0.05) is 56.6 Å². The number of ether oxygens (including phenoxy) is 1. The number of carbonyl (C=O) groups is 3. The number of H-pyrrole nitrogens is 1. The zero-order valence-corrected chi connectivity index (χ0v) is 28.6. The molecule has 0 bridgehead atoms. The first kappa shape index (κ1) is 33.3. The monoisotopic (exact) mass is 662 g/mol. The van der Waals surface area contributed by atoms with E-state index in [2.05, 4.69) is 33.9 Å². The Hall–Kier alpha value is -3.63. The summed E-state index contributed by atoms with van der Waals surface area (Å²) in [4.78, 5) is 50.9. The molecule has 2 aliphatic heterocycles. The van der Waals surface area contributed by atoms with E-state index in [4.69, 9.17) is 21.3 Å². The average Bonchev–Trinajstić information content (AvgIpc) is 3.51. The van der Waals surface area contributed by atoms with Crippen LogP contribution in [0.25, 0.3) is 11.0 Å². The van der Waals surface area contributed by atoms with Crippen molar-refractivity contribution in [2.24, 2.45) is 11.3 Å². The molecule has 4 amide bonds. The van der Waals surface area contributed by atoms with Crippen LogP contribution in [0.15, 0.2) is 42.5 Å². The van der Waals surface area contributed by atoms with Crippen LogP contribution in [0.2, 0.25) is 5.02 Å². The fourth-order valence-electron chi connectivity index (χ4n) is 7.32. The summed E-state index contributed by atoms with van der Waals surface area (Å²) < 4.78 is 5.82. The van der Waals surface area contributed by atoms with Crippen molar-refractivity contribution >= 4 is 40.5 Å². The van der Waals surface area contributed by atoms with Crippen LogP contribution in [-0.4, -0.2) is 71.6 Å². The molecule has 47 heavy (non-hydrogen) atoms. The van der Waals surface area contributed by atoms with Crippen LogP contribution >= 0.6 is 11.6 Å². The number of hydrogen-bond donors (Lipinski definition) is 4. The van der Waals surface area contributed by atoms with Gasteiger partial charge in [-0.3, -0.25) is 9.59 Å². The van der Waals surface area contributed by atoms with Crippen molar-refractivity contribution in [1.29, 1.82) is 0 Å². The predicted molar refractivity (Wildman–Crippen MR) is 182 cm³/mol. The van der Waals surface area contributed by atoms with E-state index in [0.29, 0.717) is 30.4 Å². The highest BCUT2D eigenvalue weighted by molar-refractivity contribution is 6.31. The van der Waals surface area contributed by atoms with E-state index in [0.717, 1.165) is 60.9 Å². The number of nitrogens with zero attached hydrogens (tertiary/aromatic N) is 2. The zero-order chi connectivity index (χ0) is 33.3. The number of halogens is 1. The summed E-state index contributed by atoms with van der Waals surface area (Å²) in [5.41, 5.74) is 2.28. The van der Waals surface area contributed by atoms with Crippen molar-refractivity contribution in [1.82, 2.24) is 30.8 Å². The van der Waals surface area contributed by atoms with Gasteiger partial charge in [0.1, 0.15) is 11.9 Å². The minimum absolute atomic E-state index is 0.0571. The fraction of sp³-hybridized carbons (Fsp3) is 0.556. The molecule has 1 unspecified atom stereocenters. The number of imidazole rings is 1. The van der Waals surface area contributed by atoms with Gasteiger partial charge in [-0.2, -0.15) is 0 Å². The molecular weight excluding hydrogens is 616 g/mol. The van der Waals surface area contributed by atoms with Crippen molar-refractivity contribution in [3.63, 3.8) is 0 Å². The summed E-state index contributed by atoms with van der Waals surface area (Å²) in [5, 5.41) is 9.93. The van der Waals surface area contributed by atoms with Gasteiger partial charge in [-0.15, -0.1) is 0 Å². The number of urea groups is 1. The lowest BCUT2D eigenvalue weighted by atomic mass is 9.78. The molecule has 4 N–H and O–H groups in total. The molecular formula is C36H47ClN6O4. The van der Waals surface area contributed by atoms with Gasteiger partial charge in [0.15, 0.2) is 0 Å². The number of aromatic nitrogens is 2. The summed E-state index contributed by atoms with van der Waals surface area (Å²) in [7, 11) is 0. The highest BCUT2D eigenvalue weighted by Crippen LogP contribution is 2.60. The van der Waals surface area contributed by atoms with E-state index < -0.39 is 17.5 Å². The maximum Gasteiger partial charge on any atom is 0.318 e. The average molecular weight is 663 g/mol. The molecule has 3 aliphatic rings. The molecule has 3 fully saturated rings. The summed E-state index contributed by atoms with van der Waals surface area (Å²) >= 11 is 6.83. The summed E-state index contributed by atoms with van der Waals surface area (Å²) in [6.07, 6.45) is 4.53. The number of aromatic amines is 1. The molecule has 1 aromatic heterocycles. The number of benzene rings is 2. The SMILES string of the molecule is CCNC(=O)[C@H](NC(=O)C1(c2ccc3nc([C@@H](NC(=O)N4CCCC4)[C@H](c4ccccc4Cl)C4(C)CC4)[nH]c3c2)CCOC1)C(C)C. The lowest BCUT2D eigenvalue weighted by Gasteiger charge is -2.34. The first-order valence-corrected chi connectivity index (χ1v) is 17.4. The highest BCUT2D eigenvalue weighted by atomic mass is 35.5. The number of carbonyl (C=O) groups excluding carboxylic acids is 3. The fourth-order valence-corrected chi connectivity index (χ4v) is 7.58. The Morgan fingerprint density at radius 3 is 2.45 bits per heavy atom. The smallest absolute Gasteiger partial charge is 0.318 e. The van der Waals surface area contributed by atoms with Crippen molar-refractivity contribution in [3.8, 4) is 0 Å². The Morgan fingerprint density at radius 2 is 1.81 bits per heavy atom. The molecule has 2 aromatic carbocycles. The molecule has 6 rings (SSSR count). The normalized spacial score (nSPS) is 22.2. The molecule has 252 valence electrons. The summed E-state index contributed by atoms with van der Waals surface area (Å²) in [6, 6.07) is 12.5. The number of rotatable bonds is 11. The second kappa shape index (κ2) is 13.5. The van der Waals surface area contributed by atoms with Crippen LogP contribution in [0.5, 0.6) is 0 Å². The van der Waals surface area contributed by atoms with Gasteiger partial charge in [-0.25, -0.2) is 9.78 Å². The number of amides is 4. The number of hydrogen-bond acceptors (Lipinski definition) is 5. The van der Waals surface area contributed by atoms with Crippen LogP contribution in [0, 0.1) is 11.3 Å². The van der Waals surface area contributed by atoms with Crippen LogP contribution in [0.3, 0.4) is 0 Å². The first-order valence-electron chi connectivity index (χ1n) is 17.0. The number of likely N-dealkylation sites (N-methyl/N-ethyl adjacent to an activating group) is 1. The molecule has 4 atom stereocenters. The maximum atomic E-state index is 14.0. The lowest BCUT2D eigenvalue weighted by Crippen LogP contribution is -2.55.